The fraction of sp³-hybridized carbons (Fsp3) is 0.136. The van der Waals surface area contributed by atoms with Crippen molar-refractivity contribution < 1.29 is 4.74 Å². The fourth-order valence-electron chi connectivity index (χ4n) is 2.92. The van der Waals surface area contributed by atoms with E-state index in [-0.39, 0.29) is 0 Å². The minimum absolute atomic E-state index is 0.310. The van der Waals surface area contributed by atoms with Crippen molar-refractivity contribution in [3.05, 3.63) is 71.7 Å². The van der Waals surface area contributed by atoms with Gasteiger partial charge in [0.1, 0.15) is 17.8 Å². The van der Waals surface area contributed by atoms with Crippen LogP contribution in [0.15, 0.2) is 54.9 Å². The second-order valence-electron chi connectivity index (χ2n) is 6.74. The molecule has 0 amide bonds. The molecule has 140 valence electrons. The molecule has 0 aliphatic heterocycles. The number of nitrogen functional groups attached to an aromatic ring is 1. The third-order valence-electron chi connectivity index (χ3n) is 4.65. The molecule has 4 aromatic rings. The molecule has 0 spiro atoms. The van der Waals surface area contributed by atoms with E-state index in [0.29, 0.717) is 23.1 Å². The molecule has 28 heavy (non-hydrogen) atoms. The van der Waals surface area contributed by atoms with Crippen molar-refractivity contribution in [3.63, 3.8) is 0 Å². The van der Waals surface area contributed by atoms with E-state index in [1.807, 2.05) is 62.4 Å². The summed E-state index contributed by atoms with van der Waals surface area (Å²) in [6.07, 6.45) is 1.43. The topological polar surface area (TPSA) is 86.0 Å². The average Bonchev–Trinajstić information content (AvgIpc) is 2.68. The lowest BCUT2D eigenvalue weighted by Crippen LogP contribution is -2.04. The van der Waals surface area contributed by atoms with Crippen LogP contribution in [0.3, 0.4) is 0 Å². The largest absolute Gasteiger partial charge is 0.437 e. The van der Waals surface area contributed by atoms with E-state index in [1.165, 1.54) is 11.9 Å². The van der Waals surface area contributed by atoms with Gasteiger partial charge in [-0.1, -0.05) is 24.3 Å². The molecule has 0 saturated carbocycles. The van der Waals surface area contributed by atoms with Gasteiger partial charge in [0.15, 0.2) is 5.82 Å². The predicted molar refractivity (Wildman–Crippen MR) is 112 cm³/mol. The predicted octanol–water partition coefficient (Wildman–Crippen LogP) is 5.07. The molecule has 0 radical (unpaired) electrons. The number of aromatic nitrogens is 3. The third-order valence-corrected chi connectivity index (χ3v) is 4.65. The molecule has 0 aliphatic rings. The smallest absolute Gasteiger partial charge is 0.248 e. The average molecular weight is 371 g/mol. The first kappa shape index (κ1) is 17.7. The van der Waals surface area contributed by atoms with E-state index < -0.39 is 0 Å². The van der Waals surface area contributed by atoms with Crippen molar-refractivity contribution >= 4 is 28.1 Å². The van der Waals surface area contributed by atoms with Crippen LogP contribution >= 0.6 is 0 Å². The van der Waals surface area contributed by atoms with Crippen LogP contribution in [0.25, 0.3) is 10.9 Å². The zero-order valence-corrected chi connectivity index (χ0v) is 16.0. The van der Waals surface area contributed by atoms with E-state index in [2.05, 4.69) is 27.2 Å². The number of ether oxygens (including phenoxy) is 1. The SMILES string of the molecule is Cc1ccc2cccc(Nc3ncnc(Oc4ccc(C)c(C)c4)c3N)c2n1. The van der Waals surface area contributed by atoms with Crippen LogP contribution < -0.4 is 15.8 Å². The minimum atomic E-state index is 0.310. The summed E-state index contributed by atoms with van der Waals surface area (Å²) >= 11 is 0. The van der Waals surface area contributed by atoms with Gasteiger partial charge in [-0.3, -0.25) is 4.98 Å². The van der Waals surface area contributed by atoms with Crippen LogP contribution in [0.1, 0.15) is 16.8 Å². The minimum Gasteiger partial charge on any atom is -0.437 e. The normalized spacial score (nSPS) is 10.8. The lowest BCUT2D eigenvalue weighted by molar-refractivity contribution is 0.464. The molecule has 0 bridgehead atoms. The summed E-state index contributed by atoms with van der Waals surface area (Å²) in [5.41, 5.74) is 11.6. The van der Waals surface area contributed by atoms with Crippen molar-refractivity contribution in [3.8, 4) is 11.6 Å². The zero-order valence-electron chi connectivity index (χ0n) is 16.0. The second kappa shape index (κ2) is 7.15. The summed E-state index contributed by atoms with van der Waals surface area (Å²) in [5.74, 6) is 1.47. The highest BCUT2D eigenvalue weighted by molar-refractivity contribution is 5.93. The Labute approximate surface area is 163 Å². The third kappa shape index (κ3) is 3.44. The first-order chi connectivity index (χ1) is 13.5. The van der Waals surface area contributed by atoms with Gasteiger partial charge in [-0.15, -0.1) is 0 Å². The van der Waals surface area contributed by atoms with Crippen LogP contribution in [-0.2, 0) is 0 Å². The van der Waals surface area contributed by atoms with Crippen LogP contribution in [0, 0.1) is 20.8 Å². The molecule has 2 aromatic heterocycles. The number of fused-ring (bicyclic) bond motifs is 1. The molecule has 2 heterocycles. The summed E-state index contributed by atoms with van der Waals surface area (Å²) in [6, 6.07) is 15.8. The first-order valence-electron chi connectivity index (χ1n) is 9.00. The van der Waals surface area contributed by atoms with Gasteiger partial charge in [0.05, 0.1) is 11.2 Å². The van der Waals surface area contributed by atoms with Crippen molar-refractivity contribution in [2.24, 2.45) is 0 Å². The van der Waals surface area contributed by atoms with E-state index >= 15 is 0 Å². The van der Waals surface area contributed by atoms with Crippen molar-refractivity contribution in [1.82, 2.24) is 15.0 Å². The number of nitrogens with zero attached hydrogens (tertiary/aromatic N) is 3. The quantitative estimate of drug-likeness (QED) is 0.521. The number of pyridine rings is 1. The van der Waals surface area contributed by atoms with Gasteiger partial charge in [0, 0.05) is 11.1 Å². The zero-order chi connectivity index (χ0) is 19.7. The standard InChI is InChI=1S/C22H21N5O/c1-13-7-10-17(11-14(13)2)28-22-19(23)21(24-12-25-22)27-18-6-4-5-16-9-8-15(3)26-20(16)18/h4-12H,23H2,1-3H3,(H,24,25,27). The molecule has 0 unspecified atom stereocenters. The van der Waals surface area contributed by atoms with Crippen LogP contribution in [0.4, 0.5) is 17.2 Å². The van der Waals surface area contributed by atoms with Gasteiger partial charge >= 0.3 is 0 Å². The molecular weight excluding hydrogens is 350 g/mol. The number of nitrogens with two attached hydrogens (primary N) is 1. The number of nitrogens with one attached hydrogen (secondary N) is 1. The maximum Gasteiger partial charge on any atom is 0.248 e. The Balaban J connectivity index is 1.67. The fourth-order valence-corrected chi connectivity index (χ4v) is 2.92. The van der Waals surface area contributed by atoms with Gasteiger partial charge in [0.2, 0.25) is 5.88 Å². The van der Waals surface area contributed by atoms with Crippen LogP contribution in [0.5, 0.6) is 11.6 Å². The van der Waals surface area contributed by atoms with E-state index in [1.54, 1.807) is 0 Å². The number of rotatable bonds is 4. The molecule has 6 heteroatoms. The highest BCUT2D eigenvalue weighted by Gasteiger charge is 2.13. The summed E-state index contributed by atoms with van der Waals surface area (Å²) < 4.78 is 5.90. The van der Waals surface area contributed by atoms with Crippen LogP contribution in [0.2, 0.25) is 0 Å². The lowest BCUT2D eigenvalue weighted by atomic mass is 10.1. The molecular formula is C22H21N5O. The lowest BCUT2D eigenvalue weighted by Gasteiger charge is -2.13. The molecule has 0 fully saturated rings. The molecule has 6 nitrogen and oxygen atoms in total. The number of aryl methyl sites for hydroxylation is 3. The molecule has 0 atom stereocenters. The van der Waals surface area contributed by atoms with E-state index in [0.717, 1.165) is 27.8 Å². The Kier molecular flexibility index (Phi) is 4.53. The Hall–Kier alpha value is -3.67. The Morgan fingerprint density at radius 2 is 1.79 bits per heavy atom. The second-order valence-corrected chi connectivity index (χ2v) is 6.74. The summed E-state index contributed by atoms with van der Waals surface area (Å²) in [7, 11) is 0. The Morgan fingerprint density at radius 3 is 2.61 bits per heavy atom. The number of para-hydroxylation sites is 1. The summed E-state index contributed by atoms with van der Waals surface area (Å²) in [5, 5.41) is 4.31. The van der Waals surface area contributed by atoms with Gasteiger partial charge in [0.25, 0.3) is 0 Å². The molecule has 3 N–H and O–H groups in total. The molecule has 4 rings (SSSR count). The Morgan fingerprint density at radius 1 is 0.929 bits per heavy atom. The van der Waals surface area contributed by atoms with Crippen molar-refractivity contribution in [2.45, 2.75) is 20.8 Å². The van der Waals surface area contributed by atoms with Crippen molar-refractivity contribution in [2.75, 3.05) is 11.1 Å². The molecule has 2 aromatic carbocycles. The molecule has 0 aliphatic carbocycles. The van der Waals surface area contributed by atoms with Gasteiger partial charge in [-0.05, 0) is 56.2 Å². The van der Waals surface area contributed by atoms with Crippen molar-refractivity contribution in [1.29, 1.82) is 0 Å². The monoisotopic (exact) mass is 371 g/mol. The Bertz CT molecular complexity index is 1170. The van der Waals surface area contributed by atoms with Crippen LogP contribution in [-0.4, -0.2) is 15.0 Å². The molecule has 0 saturated heterocycles. The van der Waals surface area contributed by atoms with E-state index in [4.69, 9.17) is 10.5 Å². The number of anilines is 3. The first-order valence-corrected chi connectivity index (χ1v) is 9.00. The van der Waals surface area contributed by atoms with Gasteiger partial charge in [-0.2, -0.15) is 4.98 Å². The summed E-state index contributed by atoms with van der Waals surface area (Å²) in [4.78, 5) is 13.1. The number of hydrogen-bond acceptors (Lipinski definition) is 6. The maximum absolute atomic E-state index is 6.29. The van der Waals surface area contributed by atoms with Gasteiger partial charge < -0.3 is 15.8 Å². The number of benzene rings is 2. The van der Waals surface area contributed by atoms with Gasteiger partial charge in [-0.25, -0.2) is 4.98 Å². The highest BCUT2D eigenvalue weighted by Crippen LogP contribution is 2.33. The highest BCUT2D eigenvalue weighted by atomic mass is 16.5. The maximum atomic E-state index is 6.29. The van der Waals surface area contributed by atoms with E-state index in [9.17, 15) is 0 Å². The number of hydrogen-bond donors (Lipinski definition) is 2. The summed E-state index contributed by atoms with van der Waals surface area (Å²) in [6.45, 7) is 6.05.